The van der Waals surface area contributed by atoms with Gasteiger partial charge < -0.3 is 5.32 Å². The molecule has 10 heteroatoms. The molecule has 3 rings (SSSR count). The van der Waals surface area contributed by atoms with Crippen LogP contribution in [-0.2, 0) is 0 Å². The first-order valence-electron chi connectivity index (χ1n) is 6.97. The molecule has 0 atom stereocenters. The largest absolute Gasteiger partial charge is 0.336 e. The van der Waals surface area contributed by atoms with Gasteiger partial charge in [0.2, 0.25) is 0 Å². The fraction of sp³-hybridized carbons (Fsp3) is 0.214. The number of carbonyl (C=O) groups is 1. The Labute approximate surface area is 145 Å². The van der Waals surface area contributed by atoms with Crippen LogP contribution in [0, 0.1) is 6.92 Å². The number of nitrogens with one attached hydrogen (secondary N) is 2. The number of halogens is 1. The van der Waals surface area contributed by atoms with Crippen LogP contribution >= 0.6 is 12.4 Å². The lowest BCUT2D eigenvalue weighted by molar-refractivity contribution is 0.0186. The molecule has 9 nitrogen and oxygen atoms in total. The highest BCUT2D eigenvalue weighted by Gasteiger charge is 2.20. The van der Waals surface area contributed by atoms with Crippen LogP contribution in [0.4, 0.5) is 11.5 Å². The van der Waals surface area contributed by atoms with Gasteiger partial charge in [0, 0.05) is 13.2 Å². The Balaban J connectivity index is 0.00000208. The number of carbonyl (C=O) groups excluding carboxylic acids is 1. The SMILES string of the molecule is Cc1cnc(Nc2cncnc2)c(C(=O)NN2CC=CN2C)n1.Cl. The molecule has 2 aromatic rings. The second kappa shape index (κ2) is 7.66. The minimum atomic E-state index is -0.351. The second-order valence-electron chi connectivity index (χ2n) is 4.94. The lowest BCUT2D eigenvalue weighted by atomic mass is 10.3. The lowest BCUT2D eigenvalue weighted by Gasteiger charge is -2.25. The number of rotatable bonds is 4. The molecule has 0 saturated carbocycles. The summed E-state index contributed by atoms with van der Waals surface area (Å²) in [6.07, 6.45) is 10.00. The van der Waals surface area contributed by atoms with Gasteiger partial charge in [-0.25, -0.2) is 19.9 Å². The number of amides is 1. The van der Waals surface area contributed by atoms with Gasteiger partial charge in [-0.05, 0) is 13.0 Å². The fourth-order valence-corrected chi connectivity index (χ4v) is 2.03. The molecule has 126 valence electrons. The lowest BCUT2D eigenvalue weighted by Crippen LogP contribution is -2.47. The normalized spacial score (nSPS) is 13.5. The van der Waals surface area contributed by atoms with Gasteiger partial charge in [-0.3, -0.25) is 15.2 Å². The third-order valence-corrected chi connectivity index (χ3v) is 3.14. The first-order valence-corrected chi connectivity index (χ1v) is 6.97. The van der Waals surface area contributed by atoms with Gasteiger partial charge in [0.1, 0.15) is 6.33 Å². The molecule has 0 aromatic carbocycles. The second-order valence-corrected chi connectivity index (χ2v) is 4.94. The van der Waals surface area contributed by atoms with Crippen LogP contribution in [-0.4, -0.2) is 49.6 Å². The summed E-state index contributed by atoms with van der Waals surface area (Å²) in [4.78, 5) is 28.9. The molecule has 2 aromatic heterocycles. The van der Waals surface area contributed by atoms with Crippen molar-refractivity contribution in [3.8, 4) is 0 Å². The van der Waals surface area contributed by atoms with Crippen molar-refractivity contribution in [3.63, 3.8) is 0 Å². The zero-order valence-electron chi connectivity index (χ0n) is 13.2. The maximum absolute atomic E-state index is 12.5. The summed E-state index contributed by atoms with van der Waals surface area (Å²) in [5.41, 5.74) is 4.26. The molecule has 2 N–H and O–H groups in total. The molecule has 1 amide bonds. The highest BCUT2D eigenvalue weighted by molar-refractivity contribution is 5.97. The van der Waals surface area contributed by atoms with E-state index in [-0.39, 0.29) is 24.0 Å². The molecule has 0 unspecified atom stereocenters. The van der Waals surface area contributed by atoms with E-state index in [1.807, 2.05) is 19.3 Å². The number of aromatic nitrogens is 4. The Bertz CT molecular complexity index is 739. The van der Waals surface area contributed by atoms with Gasteiger partial charge >= 0.3 is 0 Å². The van der Waals surface area contributed by atoms with Gasteiger partial charge in [-0.2, -0.15) is 0 Å². The van der Waals surface area contributed by atoms with Gasteiger partial charge in [-0.1, -0.05) is 0 Å². The number of hydrogen-bond donors (Lipinski definition) is 2. The van der Waals surface area contributed by atoms with Crippen molar-refractivity contribution in [2.45, 2.75) is 6.92 Å². The molecule has 0 saturated heterocycles. The maximum Gasteiger partial charge on any atom is 0.289 e. The smallest absolute Gasteiger partial charge is 0.289 e. The average molecular weight is 349 g/mol. The summed E-state index contributed by atoms with van der Waals surface area (Å²) in [6.45, 7) is 2.37. The van der Waals surface area contributed by atoms with Crippen molar-refractivity contribution in [1.82, 2.24) is 35.5 Å². The Morgan fingerprint density at radius 2 is 2.00 bits per heavy atom. The number of nitrogens with zero attached hydrogens (tertiary/aromatic N) is 6. The molecule has 0 spiro atoms. The molecular formula is C14H17ClN8O. The minimum Gasteiger partial charge on any atom is -0.336 e. The molecule has 3 heterocycles. The molecule has 0 aliphatic carbocycles. The van der Waals surface area contributed by atoms with Gasteiger partial charge in [-0.15, -0.1) is 17.5 Å². The monoisotopic (exact) mass is 348 g/mol. The standard InChI is InChI=1S/C14H16N8O.ClH/c1-10-6-17-13(19-11-7-15-9-16-8-11)12(18-10)14(23)20-22-5-3-4-21(22)2;/h3-4,6-9H,5H2,1-2H3,(H,17,19)(H,20,23);1H. The van der Waals surface area contributed by atoms with E-state index < -0.39 is 0 Å². The number of hydrazine groups is 2. The third-order valence-electron chi connectivity index (χ3n) is 3.14. The van der Waals surface area contributed by atoms with E-state index in [1.165, 1.54) is 6.33 Å². The molecule has 0 fully saturated rings. The quantitative estimate of drug-likeness (QED) is 0.846. The summed E-state index contributed by atoms with van der Waals surface area (Å²) in [7, 11) is 1.84. The summed E-state index contributed by atoms with van der Waals surface area (Å²) in [6, 6.07) is 0. The fourth-order valence-electron chi connectivity index (χ4n) is 2.03. The van der Waals surface area contributed by atoms with Crippen LogP contribution in [0.1, 0.15) is 16.2 Å². The van der Waals surface area contributed by atoms with E-state index in [0.717, 1.165) is 0 Å². The van der Waals surface area contributed by atoms with Crippen LogP contribution in [0.15, 0.2) is 37.2 Å². The Morgan fingerprint density at radius 1 is 1.25 bits per heavy atom. The minimum absolute atomic E-state index is 0. The molecule has 1 aliphatic rings. The van der Waals surface area contributed by atoms with Crippen molar-refractivity contribution in [3.05, 3.63) is 48.6 Å². The average Bonchev–Trinajstić information content (AvgIpc) is 2.95. The summed E-state index contributed by atoms with van der Waals surface area (Å²) in [5.74, 6) is -0.00573. The molecule has 1 aliphatic heterocycles. The van der Waals surface area contributed by atoms with Crippen LogP contribution < -0.4 is 10.7 Å². The van der Waals surface area contributed by atoms with E-state index in [0.29, 0.717) is 23.7 Å². The van der Waals surface area contributed by atoms with E-state index in [4.69, 9.17) is 0 Å². The van der Waals surface area contributed by atoms with E-state index in [2.05, 4.69) is 30.7 Å². The van der Waals surface area contributed by atoms with E-state index in [1.54, 1.807) is 35.6 Å². The number of anilines is 2. The Morgan fingerprint density at radius 3 is 2.67 bits per heavy atom. The number of hydrogen-bond acceptors (Lipinski definition) is 8. The first kappa shape index (κ1) is 17.6. The van der Waals surface area contributed by atoms with Gasteiger partial charge in [0.15, 0.2) is 11.5 Å². The van der Waals surface area contributed by atoms with Crippen molar-refractivity contribution >= 4 is 29.8 Å². The summed E-state index contributed by atoms with van der Waals surface area (Å²) >= 11 is 0. The topological polar surface area (TPSA) is 99.2 Å². The predicted octanol–water partition coefficient (Wildman–Crippen LogP) is 1.06. The van der Waals surface area contributed by atoms with Gasteiger partial charge in [0.05, 0.1) is 36.5 Å². The van der Waals surface area contributed by atoms with Crippen molar-refractivity contribution in [2.75, 3.05) is 18.9 Å². The Kier molecular flexibility index (Phi) is 5.61. The highest BCUT2D eigenvalue weighted by Crippen LogP contribution is 2.16. The maximum atomic E-state index is 12.5. The third kappa shape index (κ3) is 3.94. The first-order chi connectivity index (χ1) is 11.1. The zero-order chi connectivity index (χ0) is 16.2. The molecule has 24 heavy (non-hydrogen) atoms. The zero-order valence-corrected chi connectivity index (χ0v) is 14.0. The number of aryl methyl sites for hydroxylation is 1. The van der Waals surface area contributed by atoms with Crippen molar-refractivity contribution in [1.29, 1.82) is 0 Å². The van der Waals surface area contributed by atoms with Crippen LogP contribution in [0.25, 0.3) is 0 Å². The van der Waals surface area contributed by atoms with Crippen molar-refractivity contribution in [2.24, 2.45) is 0 Å². The van der Waals surface area contributed by atoms with Gasteiger partial charge in [0.25, 0.3) is 5.91 Å². The van der Waals surface area contributed by atoms with E-state index in [9.17, 15) is 4.79 Å². The summed E-state index contributed by atoms with van der Waals surface area (Å²) < 4.78 is 0. The van der Waals surface area contributed by atoms with Crippen LogP contribution in [0.5, 0.6) is 0 Å². The highest BCUT2D eigenvalue weighted by atomic mass is 35.5. The van der Waals surface area contributed by atoms with Crippen LogP contribution in [0.3, 0.4) is 0 Å². The van der Waals surface area contributed by atoms with Crippen molar-refractivity contribution < 1.29 is 4.79 Å². The molecule has 0 radical (unpaired) electrons. The van der Waals surface area contributed by atoms with E-state index >= 15 is 0 Å². The molecule has 0 bridgehead atoms. The Hall–Kier alpha value is -2.78. The van der Waals surface area contributed by atoms with Crippen LogP contribution in [0.2, 0.25) is 0 Å². The summed E-state index contributed by atoms with van der Waals surface area (Å²) in [5, 5.41) is 6.46. The molecular weight excluding hydrogens is 332 g/mol. The predicted molar refractivity (Wildman–Crippen MR) is 90.4 cm³/mol.